The molecule has 3 nitrogen and oxygen atoms in total. The predicted octanol–water partition coefficient (Wildman–Crippen LogP) is 5.27. The van der Waals surface area contributed by atoms with Crippen molar-refractivity contribution in [1.29, 1.82) is 0 Å². The second-order valence-corrected chi connectivity index (χ2v) is 6.39. The third-order valence-electron chi connectivity index (χ3n) is 2.91. The Morgan fingerprint density at radius 3 is 2.55 bits per heavy atom. The zero-order valence-corrected chi connectivity index (χ0v) is 14.6. The highest BCUT2D eigenvalue weighted by Gasteiger charge is 2.19. The highest BCUT2D eigenvalue weighted by molar-refractivity contribution is 14.1. The maximum absolute atomic E-state index is 6.45. The number of aryl methyl sites for hydroxylation is 1. The fraction of sp³-hybridized carbons (Fsp3) is 0.0769. The van der Waals surface area contributed by atoms with Gasteiger partial charge in [-0.05, 0) is 35.6 Å². The smallest absolute Gasteiger partial charge is 0.172 e. The second-order valence-electron chi connectivity index (χ2n) is 4.18. The van der Waals surface area contributed by atoms with E-state index in [9.17, 15) is 0 Å². The summed E-state index contributed by atoms with van der Waals surface area (Å²) in [5, 5.41) is 5.66. The summed E-state index contributed by atoms with van der Waals surface area (Å²) in [5.41, 5.74) is 2.83. The highest BCUT2D eigenvalue weighted by atomic mass is 127. The van der Waals surface area contributed by atoms with E-state index in [1.165, 1.54) is 0 Å². The average Bonchev–Trinajstić information content (AvgIpc) is 2.69. The Labute approximate surface area is 144 Å². The van der Waals surface area contributed by atoms with Crippen LogP contribution in [-0.2, 0) is 0 Å². The lowest BCUT2D eigenvalue weighted by Gasteiger charge is -2.09. The van der Waals surface area contributed by atoms with Crippen LogP contribution in [0.3, 0.4) is 0 Å². The van der Waals surface area contributed by atoms with Gasteiger partial charge in [0, 0.05) is 10.6 Å². The Hall–Kier alpha value is -0.560. The topological polar surface area (TPSA) is 30.2 Å². The van der Waals surface area contributed by atoms with Crippen molar-refractivity contribution in [2.75, 3.05) is 0 Å². The van der Waals surface area contributed by atoms with E-state index in [0.29, 0.717) is 26.5 Å². The van der Waals surface area contributed by atoms with E-state index in [1.807, 2.05) is 25.1 Å². The molecule has 0 aliphatic carbocycles. The molecule has 0 spiro atoms. The van der Waals surface area contributed by atoms with Crippen molar-refractivity contribution in [2.24, 2.45) is 0 Å². The molecule has 0 saturated heterocycles. The van der Waals surface area contributed by atoms with Crippen molar-refractivity contribution in [3.8, 4) is 11.1 Å². The minimum atomic E-state index is 0.313. The van der Waals surface area contributed by atoms with E-state index in [1.54, 1.807) is 10.6 Å². The highest BCUT2D eigenvalue weighted by Crippen LogP contribution is 2.38. The number of nitrogens with zero attached hydrogens (tertiary/aromatic N) is 3. The number of benzene rings is 1. The van der Waals surface area contributed by atoms with E-state index >= 15 is 0 Å². The van der Waals surface area contributed by atoms with Gasteiger partial charge in [0.25, 0.3) is 0 Å². The molecule has 0 atom stereocenters. The Balaban J connectivity index is 2.41. The van der Waals surface area contributed by atoms with Crippen LogP contribution in [-0.4, -0.2) is 14.6 Å². The van der Waals surface area contributed by atoms with Crippen molar-refractivity contribution in [1.82, 2.24) is 14.6 Å². The van der Waals surface area contributed by atoms with Crippen molar-refractivity contribution in [3.63, 3.8) is 0 Å². The monoisotopic (exact) mass is 437 g/mol. The summed E-state index contributed by atoms with van der Waals surface area (Å²) in [6.07, 6.45) is 0. The maximum Gasteiger partial charge on any atom is 0.172 e. The van der Waals surface area contributed by atoms with E-state index in [4.69, 9.17) is 34.8 Å². The fourth-order valence-corrected chi connectivity index (χ4v) is 3.27. The summed E-state index contributed by atoms with van der Waals surface area (Å²) in [4.78, 5) is 4.39. The molecule has 0 aliphatic heterocycles. The lowest BCUT2D eigenvalue weighted by Crippen LogP contribution is -1.98. The number of fused-ring (bicyclic) bond motifs is 1. The fourth-order valence-electron chi connectivity index (χ4n) is 1.96. The quantitative estimate of drug-likeness (QED) is 0.383. The van der Waals surface area contributed by atoms with Crippen molar-refractivity contribution in [2.45, 2.75) is 6.92 Å². The SMILES string of the molecule is Cc1nn2c(Cl)c(-c3ccccc3Cl)c(Cl)nc2c1I. The van der Waals surface area contributed by atoms with E-state index < -0.39 is 0 Å². The predicted molar refractivity (Wildman–Crippen MR) is 90.9 cm³/mol. The average molecular weight is 438 g/mol. The first-order valence-corrected chi connectivity index (χ1v) is 7.86. The zero-order valence-electron chi connectivity index (χ0n) is 10.2. The molecule has 0 N–H and O–H groups in total. The van der Waals surface area contributed by atoms with Gasteiger partial charge in [0.15, 0.2) is 5.65 Å². The van der Waals surface area contributed by atoms with Gasteiger partial charge in [-0.2, -0.15) is 5.10 Å². The molecule has 0 bridgehead atoms. The van der Waals surface area contributed by atoms with Crippen LogP contribution in [0.5, 0.6) is 0 Å². The van der Waals surface area contributed by atoms with Gasteiger partial charge in [0.05, 0.1) is 14.8 Å². The van der Waals surface area contributed by atoms with Crippen LogP contribution in [0.2, 0.25) is 15.3 Å². The third-order valence-corrected chi connectivity index (χ3v) is 5.13. The van der Waals surface area contributed by atoms with Gasteiger partial charge in [-0.25, -0.2) is 9.50 Å². The summed E-state index contributed by atoms with van der Waals surface area (Å²) in [5.74, 6) is 0. The summed E-state index contributed by atoms with van der Waals surface area (Å²) in [6.45, 7) is 1.90. The van der Waals surface area contributed by atoms with E-state index in [0.717, 1.165) is 14.8 Å². The number of aromatic nitrogens is 3. The summed E-state index contributed by atoms with van der Waals surface area (Å²) < 4.78 is 2.51. The molecule has 0 fully saturated rings. The Morgan fingerprint density at radius 1 is 1.15 bits per heavy atom. The second kappa shape index (κ2) is 5.33. The molecule has 0 amide bonds. The Bertz CT molecular complexity index is 829. The van der Waals surface area contributed by atoms with Gasteiger partial charge in [0.1, 0.15) is 10.3 Å². The summed E-state index contributed by atoms with van der Waals surface area (Å²) >= 11 is 21.1. The van der Waals surface area contributed by atoms with Gasteiger partial charge >= 0.3 is 0 Å². The van der Waals surface area contributed by atoms with Gasteiger partial charge in [-0.15, -0.1) is 0 Å². The van der Waals surface area contributed by atoms with Crippen LogP contribution in [0.15, 0.2) is 24.3 Å². The van der Waals surface area contributed by atoms with Crippen molar-refractivity contribution < 1.29 is 0 Å². The first-order valence-electron chi connectivity index (χ1n) is 5.65. The number of rotatable bonds is 1. The van der Waals surface area contributed by atoms with Crippen molar-refractivity contribution in [3.05, 3.63) is 48.9 Å². The molecule has 102 valence electrons. The number of halogens is 4. The lowest BCUT2D eigenvalue weighted by molar-refractivity contribution is 0.919. The van der Waals surface area contributed by atoms with Gasteiger partial charge < -0.3 is 0 Å². The molecule has 0 saturated carbocycles. The molecule has 3 aromatic rings. The molecule has 3 rings (SSSR count). The van der Waals surface area contributed by atoms with E-state index in [2.05, 4.69) is 32.7 Å². The minimum absolute atomic E-state index is 0.313. The zero-order chi connectivity index (χ0) is 14.4. The van der Waals surface area contributed by atoms with Gasteiger partial charge in [-0.1, -0.05) is 53.0 Å². The first-order chi connectivity index (χ1) is 9.50. The van der Waals surface area contributed by atoms with Crippen LogP contribution in [0.1, 0.15) is 5.69 Å². The van der Waals surface area contributed by atoms with Crippen LogP contribution in [0.4, 0.5) is 0 Å². The third kappa shape index (κ3) is 2.19. The van der Waals surface area contributed by atoms with Gasteiger partial charge in [-0.3, -0.25) is 0 Å². The van der Waals surface area contributed by atoms with Crippen LogP contribution >= 0.6 is 57.4 Å². The number of hydrogen-bond donors (Lipinski definition) is 0. The molecular formula is C13H7Cl3IN3. The minimum Gasteiger partial charge on any atom is -0.215 e. The molecule has 0 aliphatic rings. The normalized spacial score (nSPS) is 11.2. The van der Waals surface area contributed by atoms with Crippen LogP contribution < -0.4 is 0 Å². The molecule has 2 aromatic heterocycles. The van der Waals surface area contributed by atoms with Crippen LogP contribution in [0.25, 0.3) is 16.8 Å². The van der Waals surface area contributed by atoms with E-state index in [-0.39, 0.29) is 0 Å². The molecule has 0 unspecified atom stereocenters. The molecular weight excluding hydrogens is 431 g/mol. The summed E-state index contributed by atoms with van der Waals surface area (Å²) in [7, 11) is 0. The molecule has 0 radical (unpaired) electrons. The summed E-state index contributed by atoms with van der Waals surface area (Å²) in [6, 6.07) is 7.35. The van der Waals surface area contributed by atoms with Gasteiger partial charge in [0.2, 0.25) is 0 Å². The molecule has 20 heavy (non-hydrogen) atoms. The Kier molecular flexibility index (Phi) is 3.83. The maximum atomic E-state index is 6.45. The lowest BCUT2D eigenvalue weighted by atomic mass is 10.1. The molecule has 7 heteroatoms. The number of hydrogen-bond acceptors (Lipinski definition) is 2. The standard InChI is InChI=1S/C13H7Cl3IN3/c1-6-10(17)13-18-11(15)9(12(16)20(13)19-6)7-4-2-3-5-8(7)14/h2-5H,1H3. The largest absolute Gasteiger partial charge is 0.215 e. The molecule has 1 aromatic carbocycles. The molecule has 2 heterocycles. The van der Waals surface area contributed by atoms with Crippen molar-refractivity contribution >= 4 is 63.0 Å². The van der Waals surface area contributed by atoms with Crippen LogP contribution in [0, 0.1) is 10.5 Å². The Morgan fingerprint density at radius 2 is 1.85 bits per heavy atom. The first kappa shape index (κ1) is 14.4.